The number of aromatic carboxylic acids is 1. The number of fused-ring (bicyclic) bond motifs is 3. The topological polar surface area (TPSA) is 170 Å². The lowest BCUT2D eigenvalue weighted by Gasteiger charge is -2.33. The molecule has 0 spiro atoms. The molecule has 1 atom stereocenters. The highest BCUT2D eigenvalue weighted by Crippen LogP contribution is 2.41. The highest BCUT2D eigenvalue weighted by atomic mass is 32.2. The van der Waals surface area contributed by atoms with Crippen molar-refractivity contribution in [2.75, 3.05) is 43.8 Å². The molecule has 3 aromatic rings. The van der Waals surface area contributed by atoms with E-state index in [4.69, 9.17) is 10.5 Å². The van der Waals surface area contributed by atoms with Gasteiger partial charge in [-0.2, -0.15) is 0 Å². The zero-order chi connectivity index (χ0) is 30.9. The Hall–Kier alpha value is -3.98. The molecule has 228 valence electrons. The second-order valence-corrected chi connectivity index (χ2v) is 12.3. The number of benzene rings is 1. The molecular weight excluding hydrogens is 571 g/mol. The summed E-state index contributed by atoms with van der Waals surface area (Å²) in [6.07, 6.45) is 1.61. The van der Waals surface area contributed by atoms with Crippen molar-refractivity contribution in [1.29, 1.82) is 0 Å². The second kappa shape index (κ2) is 12.1. The summed E-state index contributed by atoms with van der Waals surface area (Å²) in [6.45, 7) is 4.40. The van der Waals surface area contributed by atoms with Crippen LogP contribution in [0, 0.1) is 5.82 Å². The van der Waals surface area contributed by atoms with Gasteiger partial charge in [-0.1, -0.05) is 12.5 Å². The molecule has 1 aliphatic heterocycles. The van der Waals surface area contributed by atoms with E-state index in [9.17, 15) is 32.3 Å². The highest BCUT2D eigenvalue weighted by Gasteiger charge is 2.39. The largest absolute Gasteiger partial charge is 0.493 e. The summed E-state index contributed by atoms with van der Waals surface area (Å²) in [5, 5.41) is 14.0. The third kappa shape index (κ3) is 5.45. The van der Waals surface area contributed by atoms with Gasteiger partial charge in [-0.25, -0.2) is 22.3 Å². The zero-order valence-electron chi connectivity index (χ0n) is 24.0. The molecular formula is C27H35FN6O7S. The summed E-state index contributed by atoms with van der Waals surface area (Å²) in [6, 6.07) is 2.75. The molecule has 4 rings (SSSR count). The van der Waals surface area contributed by atoms with E-state index in [1.807, 2.05) is 13.8 Å². The van der Waals surface area contributed by atoms with Crippen LogP contribution in [0.4, 0.5) is 10.2 Å². The Kier molecular flexibility index (Phi) is 8.92. The van der Waals surface area contributed by atoms with E-state index < -0.39 is 33.9 Å². The van der Waals surface area contributed by atoms with E-state index >= 15 is 0 Å². The van der Waals surface area contributed by atoms with Gasteiger partial charge in [0.1, 0.15) is 16.7 Å². The van der Waals surface area contributed by atoms with Gasteiger partial charge in [-0.05, 0) is 50.9 Å². The number of anilines is 1. The maximum absolute atomic E-state index is 14.0. The third-order valence-corrected chi connectivity index (χ3v) is 9.29. The average Bonchev–Trinajstić information content (AvgIpc) is 3.31. The highest BCUT2D eigenvalue weighted by molar-refractivity contribution is 7.92. The summed E-state index contributed by atoms with van der Waals surface area (Å²) in [7, 11) is -1.34. The number of rotatable bonds is 12. The predicted octanol–water partition coefficient (Wildman–Crippen LogP) is 2.02. The fraction of sp³-hybridized carbons (Fsp3) is 0.481. The number of halogens is 1. The second-order valence-electron chi connectivity index (χ2n) is 10.2. The molecule has 0 saturated heterocycles. The molecule has 1 amide bonds. The van der Waals surface area contributed by atoms with E-state index in [0.717, 1.165) is 21.1 Å². The van der Waals surface area contributed by atoms with Gasteiger partial charge in [0.15, 0.2) is 17.3 Å². The van der Waals surface area contributed by atoms with Crippen molar-refractivity contribution in [3.05, 3.63) is 51.2 Å². The van der Waals surface area contributed by atoms with E-state index in [1.54, 1.807) is 9.47 Å². The van der Waals surface area contributed by atoms with Crippen LogP contribution in [0.3, 0.4) is 0 Å². The smallest absolute Gasteiger partial charge is 0.336 e. The number of sulfonamides is 1. The van der Waals surface area contributed by atoms with Gasteiger partial charge in [-0.3, -0.25) is 13.9 Å². The molecule has 2 aromatic heterocycles. The van der Waals surface area contributed by atoms with Gasteiger partial charge < -0.3 is 25.0 Å². The first kappa shape index (κ1) is 31.0. The van der Waals surface area contributed by atoms with Crippen molar-refractivity contribution >= 4 is 38.6 Å². The van der Waals surface area contributed by atoms with Crippen LogP contribution in [0.25, 0.3) is 10.9 Å². The van der Waals surface area contributed by atoms with E-state index in [2.05, 4.69) is 5.10 Å². The maximum Gasteiger partial charge on any atom is 0.336 e. The number of nitrogens with zero attached hydrogens (tertiary/aromatic N) is 5. The number of ether oxygens (including phenoxy) is 1. The first-order valence-corrected chi connectivity index (χ1v) is 15.2. The standard InChI is InChI=1S/C27H35FN6O7S/c1-5-32-14-16(2)34-21-20(23(41-4)22(34)26(32)36)25(35)33(15-17-9-10-18(28)13-19(17)27(37)38)30-24(21)31(3)42(39,40)12-8-6-7-11-29/h9-10,13,16H,5-8,11-12,14-15,29H2,1-4H3,(H,37,38). The Balaban J connectivity index is 2.02. The molecule has 3 heterocycles. The number of carbonyl (C=O) groups is 2. The Morgan fingerprint density at radius 3 is 2.60 bits per heavy atom. The van der Waals surface area contributed by atoms with Crippen LogP contribution in [-0.4, -0.2) is 84.2 Å². The van der Waals surface area contributed by atoms with Crippen molar-refractivity contribution in [1.82, 2.24) is 19.2 Å². The Morgan fingerprint density at radius 2 is 1.98 bits per heavy atom. The van der Waals surface area contributed by atoms with Gasteiger partial charge in [0.25, 0.3) is 11.5 Å². The van der Waals surface area contributed by atoms with Gasteiger partial charge >= 0.3 is 5.97 Å². The minimum atomic E-state index is -3.96. The third-order valence-electron chi connectivity index (χ3n) is 7.48. The minimum Gasteiger partial charge on any atom is -0.493 e. The van der Waals surface area contributed by atoms with E-state index in [0.29, 0.717) is 38.9 Å². The lowest BCUT2D eigenvalue weighted by atomic mass is 10.1. The number of hydrogen-bond acceptors (Lipinski definition) is 8. The van der Waals surface area contributed by atoms with Crippen molar-refractivity contribution in [2.24, 2.45) is 5.73 Å². The molecule has 1 aliphatic rings. The molecule has 13 nitrogen and oxygen atoms in total. The normalized spacial score (nSPS) is 15.2. The van der Waals surface area contributed by atoms with Crippen molar-refractivity contribution in [2.45, 2.75) is 45.7 Å². The summed E-state index contributed by atoms with van der Waals surface area (Å²) in [4.78, 5) is 41.0. The summed E-state index contributed by atoms with van der Waals surface area (Å²) >= 11 is 0. The molecule has 0 saturated carbocycles. The SMILES string of the molecule is CCN1CC(C)n2c(c(OC)c3c(=O)n(Cc4ccc(F)cc4C(=O)O)nc(N(C)S(=O)(=O)CCCCCN)c32)C1=O. The predicted molar refractivity (Wildman–Crippen MR) is 154 cm³/mol. The molecule has 0 aliphatic carbocycles. The van der Waals surface area contributed by atoms with Crippen molar-refractivity contribution < 1.29 is 32.2 Å². The number of carboxylic acid groups (broad SMARTS) is 1. The molecule has 1 aromatic carbocycles. The lowest BCUT2D eigenvalue weighted by Crippen LogP contribution is -2.42. The number of carboxylic acids is 1. The number of unbranched alkanes of at least 4 members (excludes halogenated alkanes) is 2. The Morgan fingerprint density at radius 1 is 1.26 bits per heavy atom. The van der Waals surface area contributed by atoms with Crippen LogP contribution in [0.1, 0.15) is 65.6 Å². The summed E-state index contributed by atoms with van der Waals surface area (Å²) < 4.78 is 50.0. The first-order chi connectivity index (χ1) is 19.9. The lowest BCUT2D eigenvalue weighted by molar-refractivity contribution is 0.0680. The van der Waals surface area contributed by atoms with E-state index in [1.165, 1.54) is 20.2 Å². The van der Waals surface area contributed by atoms with Crippen LogP contribution in [0.15, 0.2) is 23.0 Å². The molecule has 0 fully saturated rings. The fourth-order valence-electron chi connectivity index (χ4n) is 5.31. The van der Waals surface area contributed by atoms with Gasteiger partial charge in [0, 0.05) is 26.2 Å². The molecule has 1 unspecified atom stereocenters. The Bertz CT molecular complexity index is 1700. The van der Waals surface area contributed by atoms with Gasteiger partial charge in [-0.15, -0.1) is 5.10 Å². The number of carbonyl (C=O) groups excluding carboxylic acids is 1. The van der Waals surface area contributed by atoms with Crippen LogP contribution in [0.2, 0.25) is 0 Å². The van der Waals surface area contributed by atoms with Crippen molar-refractivity contribution in [3.63, 3.8) is 0 Å². The number of hydrogen-bond donors (Lipinski definition) is 2. The quantitative estimate of drug-likeness (QED) is 0.293. The fourth-order valence-corrected chi connectivity index (χ4v) is 6.54. The minimum absolute atomic E-state index is 0.0336. The van der Waals surface area contributed by atoms with Crippen LogP contribution < -0.4 is 20.3 Å². The zero-order valence-corrected chi connectivity index (χ0v) is 24.8. The Labute approximate surface area is 242 Å². The number of amides is 1. The van der Waals surface area contributed by atoms with E-state index in [-0.39, 0.29) is 57.0 Å². The van der Waals surface area contributed by atoms with Crippen LogP contribution >= 0.6 is 0 Å². The average molecular weight is 607 g/mol. The maximum atomic E-state index is 14.0. The molecule has 42 heavy (non-hydrogen) atoms. The number of methoxy groups -OCH3 is 1. The molecule has 0 radical (unpaired) electrons. The molecule has 3 N–H and O–H groups in total. The molecule has 15 heteroatoms. The first-order valence-electron chi connectivity index (χ1n) is 13.6. The summed E-state index contributed by atoms with van der Waals surface area (Å²) in [5.74, 6) is -2.95. The number of aromatic nitrogens is 3. The van der Waals surface area contributed by atoms with Gasteiger partial charge in [0.2, 0.25) is 10.0 Å². The van der Waals surface area contributed by atoms with Crippen LogP contribution in [-0.2, 0) is 16.6 Å². The molecule has 0 bridgehead atoms. The summed E-state index contributed by atoms with van der Waals surface area (Å²) in [5.41, 5.74) is 4.71. The monoisotopic (exact) mass is 606 g/mol. The van der Waals surface area contributed by atoms with Crippen molar-refractivity contribution in [3.8, 4) is 5.75 Å². The number of nitrogens with two attached hydrogens (primary N) is 1. The number of likely N-dealkylation sites (N-methyl/N-ethyl adjacent to an activating group) is 1. The van der Waals surface area contributed by atoms with Gasteiger partial charge in [0.05, 0.1) is 25.0 Å². The van der Waals surface area contributed by atoms with Crippen LogP contribution in [0.5, 0.6) is 5.75 Å².